The summed E-state index contributed by atoms with van der Waals surface area (Å²) in [5, 5.41) is 1.57. The predicted molar refractivity (Wildman–Crippen MR) is 54.0 cm³/mol. The van der Waals surface area contributed by atoms with E-state index in [1.54, 1.807) is 6.07 Å². The Morgan fingerprint density at radius 3 is 2.83 bits per heavy atom. The molecule has 0 N–H and O–H groups in total. The number of hydrogen-bond acceptors (Lipinski definition) is 2. The van der Waals surface area contributed by atoms with Crippen LogP contribution in [0.1, 0.15) is 0 Å². The Labute approximate surface area is 80.8 Å². The van der Waals surface area contributed by atoms with Crippen LogP contribution in [0.4, 0.5) is 0 Å². The van der Waals surface area contributed by atoms with Gasteiger partial charge in [-0.25, -0.2) is 4.98 Å². The SMILES string of the molecule is Sc1cccc2ccc(Cl)nc12. The van der Waals surface area contributed by atoms with Crippen LogP contribution in [0.3, 0.4) is 0 Å². The van der Waals surface area contributed by atoms with Crippen LogP contribution in [0.25, 0.3) is 10.9 Å². The Morgan fingerprint density at radius 2 is 2.00 bits per heavy atom. The molecule has 1 nitrogen and oxygen atoms in total. The van der Waals surface area contributed by atoms with Crippen LogP contribution >= 0.6 is 24.2 Å². The molecule has 0 unspecified atom stereocenters. The fourth-order valence-electron chi connectivity index (χ4n) is 1.11. The van der Waals surface area contributed by atoms with E-state index in [1.165, 1.54) is 0 Å². The Hall–Kier alpha value is -0.730. The summed E-state index contributed by atoms with van der Waals surface area (Å²) in [7, 11) is 0. The lowest BCUT2D eigenvalue weighted by atomic mass is 10.2. The summed E-state index contributed by atoms with van der Waals surface area (Å²) in [6, 6.07) is 9.54. The minimum atomic E-state index is 0.504. The van der Waals surface area contributed by atoms with Gasteiger partial charge in [-0.15, -0.1) is 12.6 Å². The van der Waals surface area contributed by atoms with Crippen molar-refractivity contribution in [3.8, 4) is 0 Å². The molecule has 0 aliphatic carbocycles. The highest BCUT2D eigenvalue weighted by atomic mass is 35.5. The number of para-hydroxylation sites is 1. The van der Waals surface area contributed by atoms with Gasteiger partial charge in [0.05, 0.1) is 5.52 Å². The van der Waals surface area contributed by atoms with Crippen molar-refractivity contribution in [3.05, 3.63) is 35.5 Å². The lowest BCUT2D eigenvalue weighted by molar-refractivity contribution is 1.35. The van der Waals surface area contributed by atoms with Crippen molar-refractivity contribution in [1.29, 1.82) is 0 Å². The molecule has 1 heterocycles. The zero-order valence-corrected chi connectivity index (χ0v) is 7.81. The number of rotatable bonds is 0. The molecule has 0 aliphatic rings. The Bertz CT molecular complexity index is 428. The van der Waals surface area contributed by atoms with Gasteiger partial charge in [0.2, 0.25) is 0 Å². The number of aromatic nitrogens is 1. The van der Waals surface area contributed by atoms with E-state index in [-0.39, 0.29) is 0 Å². The molecule has 0 bridgehead atoms. The summed E-state index contributed by atoms with van der Waals surface area (Å²) in [6.45, 7) is 0. The van der Waals surface area contributed by atoms with Gasteiger partial charge < -0.3 is 0 Å². The van der Waals surface area contributed by atoms with Crippen LogP contribution in [-0.4, -0.2) is 4.98 Å². The van der Waals surface area contributed by atoms with Gasteiger partial charge in [-0.1, -0.05) is 23.7 Å². The van der Waals surface area contributed by atoms with Crippen LogP contribution in [0.2, 0.25) is 5.15 Å². The van der Waals surface area contributed by atoms with Crippen molar-refractivity contribution in [1.82, 2.24) is 4.98 Å². The zero-order chi connectivity index (χ0) is 8.55. The molecule has 0 atom stereocenters. The Morgan fingerprint density at radius 1 is 1.17 bits per heavy atom. The van der Waals surface area contributed by atoms with E-state index in [9.17, 15) is 0 Å². The van der Waals surface area contributed by atoms with Crippen molar-refractivity contribution in [2.75, 3.05) is 0 Å². The molecule has 60 valence electrons. The number of thiol groups is 1. The van der Waals surface area contributed by atoms with Crippen molar-refractivity contribution < 1.29 is 0 Å². The first-order valence-electron chi connectivity index (χ1n) is 3.51. The van der Waals surface area contributed by atoms with E-state index >= 15 is 0 Å². The molecule has 2 rings (SSSR count). The molecule has 0 saturated heterocycles. The smallest absolute Gasteiger partial charge is 0.129 e. The third kappa shape index (κ3) is 1.28. The molecule has 3 heteroatoms. The van der Waals surface area contributed by atoms with E-state index in [1.807, 2.05) is 24.3 Å². The molecule has 1 aromatic heterocycles. The molecule has 2 aromatic rings. The van der Waals surface area contributed by atoms with Gasteiger partial charge in [0.25, 0.3) is 0 Å². The Balaban J connectivity index is 2.88. The molecule has 0 radical (unpaired) electrons. The molecule has 0 amide bonds. The van der Waals surface area contributed by atoms with Crippen LogP contribution in [0, 0.1) is 0 Å². The summed E-state index contributed by atoms with van der Waals surface area (Å²) < 4.78 is 0. The second-order valence-corrected chi connectivity index (χ2v) is 3.35. The van der Waals surface area contributed by atoms with Gasteiger partial charge in [-0.2, -0.15) is 0 Å². The average Bonchev–Trinajstić information content (AvgIpc) is 2.07. The third-order valence-corrected chi connectivity index (χ3v) is 2.24. The minimum absolute atomic E-state index is 0.504. The van der Waals surface area contributed by atoms with E-state index < -0.39 is 0 Å². The highest BCUT2D eigenvalue weighted by Crippen LogP contribution is 2.21. The molecular formula is C9H6ClNS. The number of pyridine rings is 1. The number of nitrogens with zero attached hydrogens (tertiary/aromatic N) is 1. The standard InChI is InChI=1S/C9H6ClNS/c10-8-5-4-6-2-1-3-7(12)9(6)11-8/h1-5,12H. The fourth-order valence-corrected chi connectivity index (χ4v) is 1.52. The second kappa shape index (κ2) is 2.96. The van der Waals surface area contributed by atoms with Crippen molar-refractivity contribution >= 4 is 35.1 Å². The number of fused-ring (bicyclic) bond motifs is 1. The van der Waals surface area contributed by atoms with E-state index in [0.29, 0.717) is 5.15 Å². The van der Waals surface area contributed by atoms with Gasteiger partial charge in [-0.05, 0) is 18.2 Å². The van der Waals surface area contributed by atoms with E-state index in [0.717, 1.165) is 15.8 Å². The predicted octanol–water partition coefficient (Wildman–Crippen LogP) is 3.18. The second-order valence-electron chi connectivity index (χ2n) is 2.48. The van der Waals surface area contributed by atoms with Crippen LogP contribution in [0.15, 0.2) is 35.2 Å². The van der Waals surface area contributed by atoms with Gasteiger partial charge >= 0.3 is 0 Å². The van der Waals surface area contributed by atoms with Crippen LogP contribution in [-0.2, 0) is 0 Å². The number of halogens is 1. The van der Waals surface area contributed by atoms with Gasteiger partial charge in [0.15, 0.2) is 0 Å². The third-order valence-electron chi connectivity index (χ3n) is 1.66. The summed E-state index contributed by atoms with van der Waals surface area (Å²) >= 11 is 10.0. The normalized spacial score (nSPS) is 10.5. The van der Waals surface area contributed by atoms with Crippen LogP contribution in [0.5, 0.6) is 0 Å². The molecule has 1 aromatic carbocycles. The number of hydrogen-bond donors (Lipinski definition) is 1. The lowest BCUT2D eigenvalue weighted by Gasteiger charge is -1.99. The highest BCUT2D eigenvalue weighted by Gasteiger charge is 1.98. The maximum atomic E-state index is 5.75. The van der Waals surface area contributed by atoms with Crippen molar-refractivity contribution in [2.45, 2.75) is 4.90 Å². The van der Waals surface area contributed by atoms with Crippen LogP contribution < -0.4 is 0 Å². The van der Waals surface area contributed by atoms with Crippen molar-refractivity contribution in [2.24, 2.45) is 0 Å². The summed E-state index contributed by atoms with van der Waals surface area (Å²) in [6.07, 6.45) is 0. The maximum absolute atomic E-state index is 5.75. The highest BCUT2D eigenvalue weighted by molar-refractivity contribution is 7.80. The van der Waals surface area contributed by atoms with Gasteiger partial charge in [0.1, 0.15) is 5.15 Å². The van der Waals surface area contributed by atoms with Gasteiger partial charge in [-0.3, -0.25) is 0 Å². The number of benzene rings is 1. The summed E-state index contributed by atoms with van der Waals surface area (Å²) in [5.41, 5.74) is 0.855. The monoisotopic (exact) mass is 195 g/mol. The van der Waals surface area contributed by atoms with E-state index in [4.69, 9.17) is 11.6 Å². The first-order chi connectivity index (χ1) is 5.77. The average molecular weight is 196 g/mol. The first kappa shape index (κ1) is 7.90. The molecule has 0 fully saturated rings. The summed E-state index contributed by atoms with van der Waals surface area (Å²) in [4.78, 5) is 5.02. The van der Waals surface area contributed by atoms with Crippen molar-refractivity contribution in [3.63, 3.8) is 0 Å². The minimum Gasteiger partial charge on any atom is -0.235 e. The van der Waals surface area contributed by atoms with Gasteiger partial charge in [0, 0.05) is 10.3 Å². The molecular weight excluding hydrogens is 190 g/mol. The maximum Gasteiger partial charge on any atom is 0.129 e. The molecule has 0 saturated carbocycles. The Kier molecular flexibility index (Phi) is 1.95. The fraction of sp³-hybridized carbons (Fsp3) is 0. The molecule has 12 heavy (non-hydrogen) atoms. The quantitative estimate of drug-likeness (QED) is 0.503. The largest absolute Gasteiger partial charge is 0.235 e. The zero-order valence-electron chi connectivity index (χ0n) is 6.16. The molecule has 0 spiro atoms. The summed E-state index contributed by atoms with van der Waals surface area (Å²) in [5.74, 6) is 0. The lowest BCUT2D eigenvalue weighted by Crippen LogP contribution is -1.80. The topological polar surface area (TPSA) is 12.9 Å². The first-order valence-corrected chi connectivity index (χ1v) is 4.34. The molecule has 0 aliphatic heterocycles. The van der Waals surface area contributed by atoms with E-state index in [2.05, 4.69) is 17.6 Å².